The Kier molecular flexibility index (Phi) is 5.18. The summed E-state index contributed by atoms with van der Waals surface area (Å²) in [7, 11) is 1.70. The zero-order valence-corrected chi connectivity index (χ0v) is 17.1. The Labute approximate surface area is 170 Å². The fourth-order valence-electron chi connectivity index (χ4n) is 3.77. The lowest BCUT2D eigenvalue weighted by atomic mass is 10.0. The molecule has 2 aromatic heterocycles. The van der Waals surface area contributed by atoms with Crippen molar-refractivity contribution in [3.63, 3.8) is 0 Å². The van der Waals surface area contributed by atoms with E-state index in [1.165, 1.54) is 0 Å². The Morgan fingerprint density at radius 1 is 1.14 bits per heavy atom. The van der Waals surface area contributed by atoms with Crippen molar-refractivity contribution >= 4 is 21.8 Å². The number of aromatic nitrogens is 3. The maximum Gasteiger partial charge on any atom is 0.124 e. The first kappa shape index (κ1) is 18.9. The molecule has 0 bridgehead atoms. The van der Waals surface area contributed by atoms with Crippen molar-refractivity contribution in [2.45, 2.75) is 39.7 Å². The van der Waals surface area contributed by atoms with Gasteiger partial charge in [-0.05, 0) is 36.6 Å². The van der Waals surface area contributed by atoms with Crippen LogP contribution in [0.3, 0.4) is 0 Å². The monoisotopic (exact) mass is 384 g/mol. The van der Waals surface area contributed by atoms with E-state index in [-0.39, 0.29) is 0 Å². The highest BCUT2D eigenvalue weighted by Gasteiger charge is 2.17. The van der Waals surface area contributed by atoms with E-state index in [4.69, 9.17) is 20.1 Å². The predicted octanol–water partition coefficient (Wildman–Crippen LogP) is 5.49. The summed E-state index contributed by atoms with van der Waals surface area (Å²) in [5, 5.41) is 16.3. The lowest BCUT2D eigenvalue weighted by Gasteiger charge is -2.10. The quantitative estimate of drug-likeness (QED) is 0.441. The van der Waals surface area contributed by atoms with Crippen LogP contribution < -0.4 is 4.74 Å². The third kappa shape index (κ3) is 3.31. The maximum atomic E-state index is 9.13. The minimum atomic E-state index is 0.646. The van der Waals surface area contributed by atoms with E-state index in [2.05, 4.69) is 30.7 Å². The molecule has 0 unspecified atom stereocenters. The van der Waals surface area contributed by atoms with Crippen molar-refractivity contribution in [2.24, 2.45) is 0 Å². The zero-order chi connectivity index (χ0) is 20.4. The number of unbranched alkanes of at least 4 members (excludes halogenated alkanes) is 1. The molecule has 146 valence electrons. The molecule has 5 nitrogen and oxygen atoms in total. The summed E-state index contributed by atoms with van der Waals surface area (Å²) in [6.07, 6.45) is 4.96. The fourth-order valence-corrected chi connectivity index (χ4v) is 3.77. The lowest BCUT2D eigenvalue weighted by molar-refractivity contribution is 0.411. The number of benzene rings is 2. The molecule has 0 amide bonds. The highest BCUT2D eigenvalue weighted by Crippen LogP contribution is 2.36. The van der Waals surface area contributed by atoms with Crippen LogP contribution in [0.25, 0.3) is 33.1 Å². The smallest absolute Gasteiger partial charge is 0.124 e. The number of hydrogen-bond acceptors (Lipinski definition) is 4. The Balaban J connectivity index is 2.04. The van der Waals surface area contributed by atoms with Crippen LogP contribution >= 0.6 is 0 Å². The largest absolute Gasteiger partial charge is 0.496 e. The van der Waals surface area contributed by atoms with Gasteiger partial charge in [0.25, 0.3) is 0 Å². The molecule has 0 aliphatic carbocycles. The molecule has 29 heavy (non-hydrogen) atoms. The van der Waals surface area contributed by atoms with Crippen LogP contribution in [0, 0.1) is 11.3 Å². The molecule has 2 heterocycles. The first-order valence-corrected chi connectivity index (χ1v) is 10.1. The van der Waals surface area contributed by atoms with Crippen molar-refractivity contribution in [1.82, 2.24) is 14.8 Å². The molecule has 0 saturated carbocycles. The summed E-state index contributed by atoms with van der Waals surface area (Å²) >= 11 is 0. The summed E-state index contributed by atoms with van der Waals surface area (Å²) in [6, 6.07) is 14.0. The number of hydrogen-bond donors (Lipinski definition) is 0. The van der Waals surface area contributed by atoms with E-state index in [1.54, 1.807) is 7.11 Å². The molecule has 0 spiro atoms. The van der Waals surface area contributed by atoms with Gasteiger partial charge in [0.05, 0.1) is 36.0 Å². The highest BCUT2D eigenvalue weighted by atomic mass is 16.5. The molecule has 4 rings (SSSR count). The molecule has 0 aliphatic rings. The zero-order valence-electron chi connectivity index (χ0n) is 17.1. The van der Waals surface area contributed by atoms with E-state index in [0.717, 1.165) is 70.2 Å². The van der Waals surface area contributed by atoms with E-state index >= 15 is 0 Å². The van der Waals surface area contributed by atoms with Gasteiger partial charge >= 0.3 is 0 Å². The molecular formula is C24H24N4O. The van der Waals surface area contributed by atoms with Gasteiger partial charge < -0.3 is 4.74 Å². The Bertz CT molecular complexity index is 1220. The van der Waals surface area contributed by atoms with Gasteiger partial charge in [-0.2, -0.15) is 10.4 Å². The number of methoxy groups -OCH3 is 1. The molecule has 0 aliphatic heterocycles. The summed E-state index contributed by atoms with van der Waals surface area (Å²) < 4.78 is 7.63. The van der Waals surface area contributed by atoms with Crippen molar-refractivity contribution in [3.8, 4) is 23.1 Å². The van der Waals surface area contributed by atoms with Gasteiger partial charge in [0.1, 0.15) is 11.4 Å². The van der Waals surface area contributed by atoms with Crippen LogP contribution in [0.4, 0.5) is 0 Å². The average molecular weight is 384 g/mol. The number of ether oxygens (including phenoxy) is 1. The summed E-state index contributed by atoms with van der Waals surface area (Å²) in [5.41, 5.74) is 5.68. The molecule has 2 aromatic carbocycles. The van der Waals surface area contributed by atoms with E-state index in [9.17, 15) is 0 Å². The van der Waals surface area contributed by atoms with Crippen molar-refractivity contribution in [1.29, 1.82) is 5.26 Å². The molecular weight excluding hydrogens is 360 g/mol. The number of nitriles is 1. The van der Waals surface area contributed by atoms with Gasteiger partial charge in [-0.15, -0.1) is 0 Å². The normalized spacial score (nSPS) is 11.1. The standard InChI is InChI=1S/C24H24N4O/c1-4-6-11-28-21-15-26-20-13-22(29-3)17(5-2)12-19(20)23(21)24(27-28)18-9-7-16(14-25)8-10-18/h7-10,12-13,15H,4-6,11H2,1-3H3. The van der Waals surface area contributed by atoms with E-state index in [1.807, 2.05) is 36.5 Å². The molecule has 4 aromatic rings. The Morgan fingerprint density at radius 2 is 1.93 bits per heavy atom. The first-order chi connectivity index (χ1) is 14.2. The lowest BCUT2D eigenvalue weighted by Crippen LogP contribution is -2.00. The van der Waals surface area contributed by atoms with Crippen molar-refractivity contribution < 1.29 is 4.74 Å². The first-order valence-electron chi connectivity index (χ1n) is 10.1. The topological polar surface area (TPSA) is 63.7 Å². The van der Waals surface area contributed by atoms with Crippen LogP contribution in [-0.4, -0.2) is 21.9 Å². The van der Waals surface area contributed by atoms with Crippen LogP contribution in [0.5, 0.6) is 5.75 Å². The molecule has 0 N–H and O–H groups in total. The van der Waals surface area contributed by atoms with Crippen molar-refractivity contribution in [2.75, 3.05) is 7.11 Å². The van der Waals surface area contributed by atoms with Crippen molar-refractivity contribution in [3.05, 3.63) is 53.7 Å². The maximum absolute atomic E-state index is 9.13. The van der Waals surface area contributed by atoms with Crippen LogP contribution in [0.1, 0.15) is 37.8 Å². The number of pyridine rings is 1. The average Bonchev–Trinajstić information content (AvgIpc) is 3.15. The summed E-state index contributed by atoms with van der Waals surface area (Å²) in [6.45, 7) is 5.16. The van der Waals surface area contributed by atoms with Crippen LogP contribution in [0.15, 0.2) is 42.6 Å². The predicted molar refractivity (Wildman–Crippen MR) is 116 cm³/mol. The highest BCUT2D eigenvalue weighted by molar-refractivity contribution is 6.11. The van der Waals surface area contributed by atoms with E-state index in [0.29, 0.717) is 5.56 Å². The van der Waals surface area contributed by atoms with Gasteiger partial charge in [-0.1, -0.05) is 32.4 Å². The summed E-state index contributed by atoms with van der Waals surface area (Å²) in [5.74, 6) is 0.866. The third-order valence-electron chi connectivity index (χ3n) is 5.38. The Morgan fingerprint density at radius 3 is 2.59 bits per heavy atom. The van der Waals surface area contributed by atoms with Gasteiger partial charge in [-0.3, -0.25) is 9.67 Å². The third-order valence-corrected chi connectivity index (χ3v) is 5.38. The van der Waals surface area contributed by atoms with Crippen LogP contribution in [-0.2, 0) is 13.0 Å². The van der Waals surface area contributed by atoms with Gasteiger partial charge in [-0.25, -0.2) is 0 Å². The fraction of sp³-hybridized carbons (Fsp3) is 0.292. The number of rotatable bonds is 6. The van der Waals surface area contributed by atoms with Gasteiger partial charge in [0.15, 0.2) is 0 Å². The van der Waals surface area contributed by atoms with Gasteiger partial charge in [0, 0.05) is 28.9 Å². The van der Waals surface area contributed by atoms with Crippen LogP contribution in [0.2, 0.25) is 0 Å². The van der Waals surface area contributed by atoms with E-state index < -0.39 is 0 Å². The second-order valence-corrected chi connectivity index (χ2v) is 7.17. The molecule has 0 saturated heterocycles. The minimum Gasteiger partial charge on any atom is -0.496 e. The second kappa shape index (κ2) is 7.92. The molecule has 0 radical (unpaired) electrons. The van der Waals surface area contributed by atoms with Gasteiger partial charge in [0.2, 0.25) is 0 Å². The molecule has 5 heteroatoms. The number of aryl methyl sites for hydroxylation is 2. The SMILES string of the molecule is CCCCn1nc(-c2ccc(C#N)cc2)c2c3cc(CC)c(OC)cc3ncc21. The molecule has 0 fully saturated rings. The number of fused-ring (bicyclic) bond motifs is 3. The Hall–Kier alpha value is -3.39. The molecule has 0 atom stereocenters. The minimum absolute atomic E-state index is 0.646. The second-order valence-electron chi connectivity index (χ2n) is 7.17. The summed E-state index contributed by atoms with van der Waals surface area (Å²) in [4.78, 5) is 4.71. The number of nitrogens with zero attached hydrogens (tertiary/aromatic N) is 4.